The van der Waals surface area contributed by atoms with Gasteiger partial charge in [0.15, 0.2) is 6.61 Å². The number of hydrogen-bond acceptors (Lipinski definition) is 5. The summed E-state index contributed by atoms with van der Waals surface area (Å²) < 4.78 is 12.6. The predicted molar refractivity (Wildman–Crippen MR) is 93.2 cm³/mol. The van der Waals surface area contributed by atoms with Gasteiger partial charge in [-0.15, -0.1) is 0 Å². The van der Waals surface area contributed by atoms with E-state index in [0.29, 0.717) is 11.4 Å². The maximum absolute atomic E-state index is 12.3. The number of rotatable bonds is 5. The van der Waals surface area contributed by atoms with Crippen LogP contribution in [0.3, 0.4) is 0 Å². The number of aryl methyl sites for hydroxylation is 2. The SMILES string of the molecule is CCn1c(C)cc(C(=O)OCc2nc(-c3ccccc3C)no2)c1C. The maximum Gasteiger partial charge on any atom is 0.340 e. The quantitative estimate of drug-likeness (QED) is 0.661. The zero-order chi connectivity index (χ0) is 18.0. The first-order valence-electron chi connectivity index (χ1n) is 8.23. The molecule has 6 heteroatoms. The Bertz CT molecular complexity index is 909. The number of carbonyl (C=O) groups is 1. The summed E-state index contributed by atoms with van der Waals surface area (Å²) in [5.74, 6) is 0.382. The monoisotopic (exact) mass is 339 g/mol. The highest BCUT2D eigenvalue weighted by molar-refractivity contribution is 5.91. The molecule has 6 nitrogen and oxygen atoms in total. The van der Waals surface area contributed by atoms with Gasteiger partial charge in [-0.2, -0.15) is 4.98 Å². The molecule has 1 aromatic carbocycles. The molecule has 0 atom stereocenters. The van der Waals surface area contributed by atoms with Crippen molar-refractivity contribution in [2.45, 2.75) is 40.8 Å². The number of esters is 1. The van der Waals surface area contributed by atoms with Crippen LogP contribution in [0.1, 0.15) is 40.1 Å². The van der Waals surface area contributed by atoms with E-state index in [1.165, 1.54) is 0 Å². The van der Waals surface area contributed by atoms with E-state index in [1.54, 1.807) is 0 Å². The van der Waals surface area contributed by atoms with Crippen molar-refractivity contribution in [3.8, 4) is 11.4 Å². The second-order valence-corrected chi connectivity index (χ2v) is 5.93. The summed E-state index contributed by atoms with van der Waals surface area (Å²) in [4.78, 5) is 16.6. The molecule has 0 aliphatic heterocycles. The minimum Gasteiger partial charge on any atom is -0.452 e. The molecule has 3 aromatic rings. The lowest BCUT2D eigenvalue weighted by Crippen LogP contribution is -2.07. The van der Waals surface area contributed by atoms with Crippen LogP contribution < -0.4 is 0 Å². The lowest BCUT2D eigenvalue weighted by Gasteiger charge is -2.05. The second-order valence-electron chi connectivity index (χ2n) is 5.93. The fraction of sp³-hybridized carbons (Fsp3) is 0.316. The Hall–Kier alpha value is -2.89. The van der Waals surface area contributed by atoms with Crippen LogP contribution in [0.2, 0.25) is 0 Å². The molecule has 0 radical (unpaired) electrons. The summed E-state index contributed by atoms with van der Waals surface area (Å²) in [5.41, 5.74) is 4.45. The highest BCUT2D eigenvalue weighted by Crippen LogP contribution is 2.20. The van der Waals surface area contributed by atoms with E-state index in [0.717, 1.165) is 29.1 Å². The molecule has 0 N–H and O–H groups in total. The van der Waals surface area contributed by atoms with Crippen molar-refractivity contribution >= 4 is 5.97 Å². The maximum atomic E-state index is 12.3. The molecule has 0 bridgehead atoms. The van der Waals surface area contributed by atoms with Gasteiger partial charge in [0, 0.05) is 23.5 Å². The molecule has 0 aliphatic rings. The molecule has 130 valence electrons. The molecule has 0 spiro atoms. The molecule has 0 amide bonds. The normalized spacial score (nSPS) is 10.9. The van der Waals surface area contributed by atoms with Crippen LogP contribution in [0.15, 0.2) is 34.9 Å². The molecule has 0 fully saturated rings. The van der Waals surface area contributed by atoms with Crippen molar-refractivity contribution in [3.05, 3.63) is 58.7 Å². The zero-order valence-corrected chi connectivity index (χ0v) is 14.9. The Morgan fingerprint density at radius 2 is 2.00 bits per heavy atom. The van der Waals surface area contributed by atoms with Gasteiger partial charge in [-0.1, -0.05) is 29.4 Å². The highest BCUT2D eigenvalue weighted by atomic mass is 16.6. The first kappa shape index (κ1) is 17.0. The molecule has 0 aliphatic carbocycles. The van der Waals surface area contributed by atoms with Gasteiger partial charge in [0.2, 0.25) is 5.82 Å². The van der Waals surface area contributed by atoms with Gasteiger partial charge in [0.1, 0.15) is 0 Å². The molecule has 0 unspecified atom stereocenters. The van der Waals surface area contributed by atoms with Crippen molar-refractivity contribution in [1.82, 2.24) is 14.7 Å². The second kappa shape index (κ2) is 6.93. The molecule has 3 rings (SSSR count). The molecule has 0 saturated heterocycles. The van der Waals surface area contributed by atoms with Gasteiger partial charge in [0.05, 0.1) is 5.56 Å². The fourth-order valence-electron chi connectivity index (χ4n) is 2.95. The van der Waals surface area contributed by atoms with Gasteiger partial charge in [-0.25, -0.2) is 4.79 Å². The Balaban J connectivity index is 1.71. The van der Waals surface area contributed by atoms with Gasteiger partial charge < -0.3 is 13.8 Å². The average molecular weight is 339 g/mol. The summed E-state index contributed by atoms with van der Waals surface area (Å²) in [6, 6.07) is 9.62. The standard InChI is InChI=1S/C19H21N3O3/c1-5-22-13(3)10-16(14(22)4)19(23)24-11-17-20-18(21-25-17)15-9-7-6-8-12(15)2/h6-10H,5,11H2,1-4H3. The van der Waals surface area contributed by atoms with Crippen molar-refractivity contribution in [2.24, 2.45) is 0 Å². The number of carbonyl (C=O) groups excluding carboxylic acids is 1. The third-order valence-electron chi connectivity index (χ3n) is 4.29. The molecule has 2 heterocycles. The van der Waals surface area contributed by atoms with E-state index in [9.17, 15) is 4.79 Å². The molecule has 0 saturated carbocycles. The molecular weight excluding hydrogens is 318 g/mol. The minimum absolute atomic E-state index is 0.0481. The lowest BCUT2D eigenvalue weighted by molar-refractivity contribution is 0.0429. The Morgan fingerprint density at radius 3 is 2.68 bits per heavy atom. The summed E-state index contributed by atoms with van der Waals surface area (Å²) >= 11 is 0. The van der Waals surface area contributed by atoms with E-state index in [4.69, 9.17) is 9.26 Å². The fourth-order valence-corrected chi connectivity index (χ4v) is 2.95. The van der Waals surface area contributed by atoms with E-state index in [2.05, 4.69) is 14.7 Å². The van der Waals surface area contributed by atoms with Crippen LogP contribution >= 0.6 is 0 Å². The van der Waals surface area contributed by atoms with Crippen molar-refractivity contribution in [2.75, 3.05) is 0 Å². The third kappa shape index (κ3) is 3.33. The molecule has 2 aromatic heterocycles. The van der Waals surface area contributed by atoms with E-state index < -0.39 is 0 Å². The van der Waals surface area contributed by atoms with Crippen molar-refractivity contribution in [1.29, 1.82) is 0 Å². The van der Waals surface area contributed by atoms with Crippen LogP contribution in [0.25, 0.3) is 11.4 Å². The van der Waals surface area contributed by atoms with Gasteiger partial charge in [0.25, 0.3) is 5.89 Å². The van der Waals surface area contributed by atoms with Crippen LogP contribution in [0.5, 0.6) is 0 Å². The summed E-state index contributed by atoms with van der Waals surface area (Å²) in [6.45, 7) is 8.67. The van der Waals surface area contributed by atoms with E-state index in [-0.39, 0.29) is 18.5 Å². The van der Waals surface area contributed by atoms with Crippen molar-refractivity contribution in [3.63, 3.8) is 0 Å². The lowest BCUT2D eigenvalue weighted by atomic mass is 10.1. The van der Waals surface area contributed by atoms with Crippen LogP contribution in [0, 0.1) is 20.8 Å². The smallest absolute Gasteiger partial charge is 0.340 e. The topological polar surface area (TPSA) is 70.2 Å². The minimum atomic E-state index is -0.386. The number of hydrogen-bond donors (Lipinski definition) is 0. The summed E-state index contributed by atoms with van der Waals surface area (Å²) in [6.07, 6.45) is 0. The van der Waals surface area contributed by atoms with Gasteiger partial charge in [-0.3, -0.25) is 0 Å². The van der Waals surface area contributed by atoms with Crippen LogP contribution in [-0.2, 0) is 17.9 Å². The number of benzene rings is 1. The van der Waals surface area contributed by atoms with Crippen molar-refractivity contribution < 1.29 is 14.1 Å². The molecule has 25 heavy (non-hydrogen) atoms. The Morgan fingerprint density at radius 1 is 1.24 bits per heavy atom. The summed E-state index contributed by atoms with van der Waals surface area (Å²) in [5, 5.41) is 3.97. The zero-order valence-electron chi connectivity index (χ0n) is 14.9. The predicted octanol–water partition coefficient (Wildman–Crippen LogP) is 3.84. The largest absolute Gasteiger partial charge is 0.452 e. The van der Waals surface area contributed by atoms with Gasteiger partial charge >= 0.3 is 5.97 Å². The van der Waals surface area contributed by atoms with Gasteiger partial charge in [-0.05, 0) is 39.3 Å². The van der Waals surface area contributed by atoms with E-state index >= 15 is 0 Å². The first-order chi connectivity index (χ1) is 12.0. The third-order valence-corrected chi connectivity index (χ3v) is 4.29. The Labute approximate surface area is 146 Å². The number of aromatic nitrogens is 3. The first-order valence-corrected chi connectivity index (χ1v) is 8.23. The van der Waals surface area contributed by atoms with Crippen LogP contribution in [-0.4, -0.2) is 20.7 Å². The molecular formula is C19H21N3O3. The number of nitrogens with zero attached hydrogens (tertiary/aromatic N) is 3. The highest BCUT2D eigenvalue weighted by Gasteiger charge is 2.18. The Kier molecular flexibility index (Phi) is 4.70. The summed E-state index contributed by atoms with van der Waals surface area (Å²) in [7, 11) is 0. The number of ether oxygens (including phenoxy) is 1. The van der Waals surface area contributed by atoms with Crippen LogP contribution in [0.4, 0.5) is 0 Å². The van der Waals surface area contributed by atoms with E-state index in [1.807, 2.05) is 58.0 Å². The average Bonchev–Trinajstić information content (AvgIpc) is 3.17.